The van der Waals surface area contributed by atoms with Gasteiger partial charge in [-0.2, -0.15) is 0 Å². The Kier molecular flexibility index (Phi) is 2.36. The SMILES string of the molecule is CC1(C)CCCC2(CC1)CC(=O)NC2=O. The Morgan fingerprint density at radius 3 is 2.40 bits per heavy atom. The molecule has 1 spiro atoms. The van der Waals surface area contributed by atoms with E-state index in [1.807, 2.05) is 0 Å². The van der Waals surface area contributed by atoms with Gasteiger partial charge in [0.05, 0.1) is 5.41 Å². The van der Waals surface area contributed by atoms with Crippen molar-refractivity contribution in [3.63, 3.8) is 0 Å². The monoisotopic (exact) mass is 209 g/mol. The lowest BCUT2D eigenvalue weighted by Gasteiger charge is -2.25. The fourth-order valence-electron chi connectivity index (χ4n) is 2.83. The Hall–Kier alpha value is -0.860. The highest BCUT2D eigenvalue weighted by molar-refractivity contribution is 6.05. The number of carbonyl (C=O) groups is 2. The molecule has 0 aromatic carbocycles. The van der Waals surface area contributed by atoms with Crippen LogP contribution >= 0.6 is 0 Å². The minimum atomic E-state index is -0.356. The number of nitrogens with one attached hydrogen (secondary N) is 1. The lowest BCUT2D eigenvalue weighted by Crippen LogP contribution is -2.31. The number of imide groups is 1. The molecule has 2 amide bonds. The van der Waals surface area contributed by atoms with E-state index < -0.39 is 0 Å². The molecule has 2 aliphatic rings. The van der Waals surface area contributed by atoms with Crippen LogP contribution in [0.3, 0.4) is 0 Å². The molecule has 1 aliphatic heterocycles. The predicted octanol–water partition coefficient (Wildman–Crippen LogP) is 2.01. The molecule has 1 N–H and O–H groups in total. The van der Waals surface area contributed by atoms with E-state index in [4.69, 9.17) is 0 Å². The first-order valence-electron chi connectivity index (χ1n) is 5.78. The van der Waals surface area contributed by atoms with Crippen LogP contribution in [-0.2, 0) is 9.59 Å². The van der Waals surface area contributed by atoms with Crippen molar-refractivity contribution in [1.82, 2.24) is 5.32 Å². The van der Waals surface area contributed by atoms with Crippen LogP contribution in [0.25, 0.3) is 0 Å². The summed E-state index contributed by atoms with van der Waals surface area (Å²) in [5.41, 5.74) is -0.0275. The zero-order valence-corrected chi connectivity index (χ0v) is 9.56. The zero-order valence-electron chi connectivity index (χ0n) is 9.56. The fraction of sp³-hybridized carbons (Fsp3) is 0.833. The highest BCUT2D eigenvalue weighted by atomic mass is 16.2. The van der Waals surface area contributed by atoms with Crippen LogP contribution in [0.15, 0.2) is 0 Å². The Bertz CT molecular complexity index is 309. The number of hydrogen-bond acceptors (Lipinski definition) is 2. The van der Waals surface area contributed by atoms with Crippen molar-refractivity contribution < 1.29 is 9.59 Å². The van der Waals surface area contributed by atoms with Crippen LogP contribution in [0.1, 0.15) is 52.4 Å². The molecule has 84 valence electrons. The molecule has 0 aromatic rings. The molecule has 3 heteroatoms. The molecule has 1 unspecified atom stereocenters. The maximum atomic E-state index is 11.8. The van der Waals surface area contributed by atoms with Gasteiger partial charge in [0.1, 0.15) is 0 Å². The maximum absolute atomic E-state index is 11.8. The second-order valence-corrected chi connectivity index (χ2v) is 5.85. The third kappa shape index (κ3) is 1.92. The summed E-state index contributed by atoms with van der Waals surface area (Å²) in [5, 5.41) is 2.45. The Balaban J connectivity index is 2.16. The van der Waals surface area contributed by atoms with Crippen LogP contribution in [0.2, 0.25) is 0 Å². The molecule has 0 radical (unpaired) electrons. The molecule has 1 saturated heterocycles. The minimum Gasteiger partial charge on any atom is -0.296 e. The van der Waals surface area contributed by atoms with Gasteiger partial charge in [-0.15, -0.1) is 0 Å². The summed E-state index contributed by atoms with van der Waals surface area (Å²) in [6.45, 7) is 4.50. The molecule has 1 heterocycles. The van der Waals surface area contributed by atoms with Crippen LogP contribution in [-0.4, -0.2) is 11.8 Å². The summed E-state index contributed by atoms with van der Waals surface area (Å²) in [7, 11) is 0. The van der Waals surface area contributed by atoms with Gasteiger partial charge >= 0.3 is 0 Å². The molecule has 3 nitrogen and oxygen atoms in total. The smallest absolute Gasteiger partial charge is 0.233 e. The first kappa shape index (κ1) is 10.7. The van der Waals surface area contributed by atoms with Gasteiger partial charge in [0.15, 0.2) is 0 Å². The highest BCUT2D eigenvalue weighted by Gasteiger charge is 2.47. The van der Waals surface area contributed by atoms with E-state index in [9.17, 15) is 9.59 Å². The zero-order chi connectivity index (χ0) is 11.1. The number of hydrogen-bond donors (Lipinski definition) is 1. The van der Waals surface area contributed by atoms with E-state index in [1.54, 1.807) is 0 Å². The molecule has 0 bridgehead atoms. The van der Waals surface area contributed by atoms with E-state index in [2.05, 4.69) is 19.2 Å². The standard InChI is InChI=1S/C12H19NO2/c1-11(2)4-3-5-12(7-6-11)8-9(14)13-10(12)15/h3-8H2,1-2H3,(H,13,14,15). The first-order chi connectivity index (χ1) is 6.94. The van der Waals surface area contributed by atoms with Crippen molar-refractivity contribution in [3.05, 3.63) is 0 Å². The van der Waals surface area contributed by atoms with Gasteiger partial charge in [0, 0.05) is 6.42 Å². The van der Waals surface area contributed by atoms with Gasteiger partial charge in [0.25, 0.3) is 0 Å². The molecule has 2 rings (SSSR count). The van der Waals surface area contributed by atoms with E-state index in [0.717, 1.165) is 32.1 Å². The van der Waals surface area contributed by atoms with Gasteiger partial charge in [-0.25, -0.2) is 0 Å². The lowest BCUT2D eigenvalue weighted by molar-refractivity contribution is -0.129. The second kappa shape index (κ2) is 3.32. The molecule has 0 aromatic heterocycles. The topological polar surface area (TPSA) is 46.2 Å². The van der Waals surface area contributed by atoms with E-state index in [0.29, 0.717) is 11.8 Å². The van der Waals surface area contributed by atoms with Gasteiger partial charge in [0.2, 0.25) is 11.8 Å². The van der Waals surface area contributed by atoms with E-state index in [1.165, 1.54) is 0 Å². The van der Waals surface area contributed by atoms with Gasteiger partial charge in [-0.3, -0.25) is 14.9 Å². The molecule has 1 aliphatic carbocycles. The Labute approximate surface area is 90.6 Å². The summed E-state index contributed by atoms with van der Waals surface area (Å²) in [6.07, 6.45) is 5.45. The van der Waals surface area contributed by atoms with Crippen molar-refractivity contribution >= 4 is 11.8 Å². The third-order valence-electron chi connectivity index (χ3n) is 4.02. The van der Waals surface area contributed by atoms with Crippen molar-refractivity contribution in [3.8, 4) is 0 Å². The highest BCUT2D eigenvalue weighted by Crippen LogP contribution is 2.46. The molecule has 2 fully saturated rings. The van der Waals surface area contributed by atoms with Crippen LogP contribution < -0.4 is 5.32 Å². The second-order valence-electron chi connectivity index (χ2n) is 5.85. The number of carbonyl (C=O) groups excluding carboxylic acids is 2. The number of amides is 2. The average molecular weight is 209 g/mol. The molecule has 1 saturated carbocycles. The van der Waals surface area contributed by atoms with Crippen molar-refractivity contribution in [2.24, 2.45) is 10.8 Å². The molecule has 15 heavy (non-hydrogen) atoms. The van der Waals surface area contributed by atoms with Crippen molar-refractivity contribution in [2.75, 3.05) is 0 Å². The largest absolute Gasteiger partial charge is 0.296 e. The summed E-state index contributed by atoms with van der Waals surface area (Å²) in [6, 6.07) is 0. The summed E-state index contributed by atoms with van der Waals surface area (Å²) in [5.74, 6) is -0.107. The maximum Gasteiger partial charge on any atom is 0.233 e. The summed E-state index contributed by atoms with van der Waals surface area (Å²) in [4.78, 5) is 23.1. The van der Waals surface area contributed by atoms with E-state index in [-0.39, 0.29) is 17.2 Å². The predicted molar refractivity (Wildman–Crippen MR) is 57.1 cm³/mol. The third-order valence-corrected chi connectivity index (χ3v) is 4.02. The summed E-state index contributed by atoms with van der Waals surface area (Å²) < 4.78 is 0. The van der Waals surface area contributed by atoms with E-state index >= 15 is 0 Å². The summed E-state index contributed by atoms with van der Waals surface area (Å²) >= 11 is 0. The fourth-order valence-corrected chi connectivity index (χ4v) is 2.83. The molecule has 1 atom stereocenters. The molecular formula is C12H19NO2. The van der Waals surface area contributed by atoms with Gasteiger partial charge < -0.3 is 0 Å². The first-order valence-corrected chi connectivity index (χ1v) is 5.78. The van der Waals surface area contributed by atoms with Crippen molar-refractivity contribution in [1.29, 1.82) is 0 Å². The van der Waals surface area contributed by atoms with Crippen LogP contribution in [0, 0.1) is 10.8 Å². The number of rotatable bonds is 0. The average Bonchev–Trinajstić information content (AvgIpc) is 2.28. The van der Waals surface area contributed by atoms with Crippen molar-refractivity contribution in [2.45, 2.75) is 52.4 Å². The Morgan fingerprint density at radius 2 is 1.80 bits per heavy atom. The normalized spacial score (nSPS) is 35.3. The van der Waals surface area contributed by atoms with Crippen LogP contribution in [0.4, 0.5) is 0 Å². The minimum absolute atomic E-state index is 0.0230. The lowest BCUT2D eigenvalue weighted by atomic mass is 9.77. The molecular weight excluding hydrogens is 190 g/mol. The Morgan fingerprint density at radius 1 is 1.07 bits per heavy atom. The van der Waals surface area contributed by atoms with Gasteiger partial charge in [-0.05, 0) is 31.1 Å². The quantitative estimate of drug-likeness (QED) is 0.620. The van der Waals surface area contributed by atoms with Crippen LogP contribution in [0.5, 0.6) is 0 Å². The van der Waals surface area contributed by atoms with Gasteiger partial charge in [-0.1, -0.05) is 20.3 Å².